The molecule has 0 aliphatic rings. The maximum absolute atomic E-state index is 4.32. The van der Waals surface area contributed by atoms with Crippen molar-refractivity contribution in [2.24, 2.45) is 4.99 Å². The van der Waals surface area contributed by atoms with E-state index in [0.717, 1.165) is 16.5 Å². The zero-order valence-electron chi connectivity index (χ0n) is 8.35. The minimum absolute atomic E-state index is 0.864. The lowest BCUT2D eigenvalue weighted by atomic mass is 10.3. The zero-order chi connectivity index (χ0) is 9.56. The molecular formula is C10H17NS. The molecule has 0 aromatic carbocycles. The number of thioether (sulfide) groups is 1. The molecule has 0 spiro atoms. The molecule has 0 N–H and O–H groups in total. The molecule has 0 amide bonds. The van der Waals surface area contributed by atoms with Crippen molar-refractivity contribution in [2.45, 2.75) is 27.7 Å². The molecule has 0 fully saturated rings. The van der Waals surface area contributed by atoms with Gasteiger partial charge in [-0.05, 0) is 32.6 Å². The van der Waals surface area contributed by atoms with Crippen molar-refractivity contribution >= 4 is 16.8 Å². The third-order valence-corrected chi connectivity index (χ3v) is 1.80. The summed E-state index contributed by atoms with van der Waals surface area (Å²) in [5.41, 5.74) is 2.14. The molecule has 0 aromatic rings. The summed E-state index contributed by atoms with van der Waals surface area (Å²) in [5.74, 6) is 1.05. The van der Waals surface area contributed by atoms with Crippen molar-refractivity contribution in [3.05, 3.63) is 23.9 Å². The van der Waals surface area contributed by atoms with Gasteiger partial charge in [-0.1, -0.05) is 19.1 Å². The summed E-state index contributed by atoms with van der Waals surface area (Å²) in [4.78, 5) is 4.32. The molecule has 12 heavy (non-hydrogen) atoms. The first-order chi connectivity index (χ1) is 5.56. The van der Waals surface area contributed by atoms with E-state index in [-0.39, 0.29) is 0 Å². The monoisotopic (exact) mass is 183 g/mol. The summed E-state index contributed by atoms with van der Waals surface area (Å²) in [6.07, 6.45) is 2.09. The number of rotatable bonds is 3. The summed E-state index contributed by atoms with van der Waals surface area (Å²) in [6.45, 7) is 11.9. The quantitative estimate of drug-likeness (QED) is 0.480. The summed E-state index contributed by atoms with van der Waals surface area (Å²) in [5, 5.41) is 1.06. The average molecular weight is 183 g/mol. The molecule has 0 aliphatic carbocycles. The predicted molar refractivity (Wildman–Crippen MR) is 59.8 cm³/mol. The van der Waals surface area contributed by atoms with Crippen LogP contribution in [-0.4, -0.2) is 10.8 Å². The molecule has 0 atom stereocenters. The Hall–Kier alpha value is -0.500. The number of hydrogen-bond donors (Lipinski definition) is 0. The largest absolute Gasteiger partial charge is 0.247 e. The van der Waals surface area contributed by atoms with Crippen molar-refractivity contribution in [3.8, 4) is 0 Å². The summed E-state index contributed by atoms with van der Waals surface area (Å²) in [6, 6.07) is 0. The summed E-state index contributed by atoms with van der Waals surface area (Å²) in [7, 11) is 0. The molecule has 0 unspecified atom stereocenters. The topological polar surface area (TPSA) is 12.4 Å². The van der Waals surface area contributed by atoms with Gasteiger partial charge in [0.2, 0.25) is 0 Å². The van der Waals surface area contributed by atoms with Gasteiger partial charge in [0.15, 0.2) is 0 Å². The number of allylic oxidation sites excluding steroid dienone is 2. The van der Waals surface area contributed by atoms with Gasteiger partial charge >= 0.3 is 0 Å². The highest BCUT2D eigenvalue weighted by Gasteiger charge is 1.93. The second-order valence-electron chi connectivity index (χ2n) is 2.84. The van der Waals surface area contributed by atoms with Crippen LogP contribution in [0.1, 0.15) is 27.7 Å². The van der Waals surface area contributed by atoms with Crippen LogP contribution < -0.4 is 0 Å². The van der Waals surface area contributed by atoms with E-state index in [9.17, 15) is 0 Å². The van der Waals surface area contributed by atoms with Gasteiger partial charge in [0.05, 0.1) is 5.04 Å². The fourth-order valence-corrected chi connectivity index (χ4v) is 1.52. The third-order valence-electron chi connectivity index (χ3n) is 1.01. The van der Waals surface area contributed by atoms with Crippen molar-refractivity contribution < 1.29 is 0 Å². The standard InChI is InChI=1S/C10H17NS/c1-6-12-10(7-8(2)3)11-9(4)5/h7H,4,6H2,1-3,5H3. The predicted octanol–water partition coefficient (Wildman–Crippen LogP) is 3.64. The van der Waals surface area contributed by atoms with E-state index < -0.39 is 0 Å². The van der Waals surface area contributed by atoms with Crippen LogP contribution in [0, 0.1) is 0 Å². The van der Waals surface area contributed by atoms with Crippen LogP contribution in [-0.2, 0) is 0 Å². The summed E-state index contributed by atoms with van der Waals surface area (Å²) < 4.78 is 0. The molecule has 68 valence electrons. The number of hydrogen-bond acceptors (Lipinski definition) is 2. The van der Waals surface area contributed by atoms with Gasteiger partial charge in [-0.15, -0.1) is 11.8 Å². The molecule has 0 radical (unpaired) electrons. The first kappa shape index (κ1) is 11.5. The molecule has 0 saturated heterocycles. The van der Waals surface area contributed by atoms with Gasteiger partial charge in [0, 0.05) is 5.70 Å². The highest BCUT2D eigenvalue weighted by molar-refractivity contribution is 8.14. The molecule has 2 heteroatoms. The van der Waals surface area contributed by atoms with Gasteiger partial charge < -0.3 is 0 Å². The molecule has 1 nitrogen and oxygen atoms in total. The fourth-order valence-electron chi connectivity index (χ4n) is 0.689. The first-order valence-electron chi connectivity index (χ1n) is 4.08. The fraction of sp³-hybridized carbons (Fsp3) is 0.500. The van der Waals surface area contributed by atoms with Gasteiger partial charge in [-0.25, -0.2) is 4.99 Å². The highest BCUT2D eigenvalue weighted by atomic mass is 32.2. The Kier molecular flexibility index (Phi) is 5.81. The van der Waals surface area contributed by atoms with Gasteiger partial charge in [0.1, 0.15) is 0 Å². The molecule has 0 aromatic heterocycles. The minimum Gasteiger partial charge on any atom is -0.247 e. The number of aliphatic imine (C=N–C) groups is 1. The number of nitrogens with zero attached hydrogens (tertiary/aromatic N) is 1. The Morgan fingerprint density at radius 3 is 2.33 bits per heavy atom. The smallest absolute Gasteiger partial charge is 0.0961 e. The van der Waals surface area contributed by atoms with Crippen LogP contribution in [0.25, 0.3) is 0 Å². The normalized spacial score (nSPS) is 11.2. The lowest BCUT2D eigenvalue weighted by Gasteiger charge is -1.99. The molecule has 0 bridgehead atoms. The van der Waals surface area contributed by atoms with Gasteiger partial charge in [-0.2, -0.15) is 0 Å². The van der Waals surface area contributed by atoms with E-state index in [4.69, 9.17) is 0 Å². The Balaban J connectivity index is 4.43. The Bertz CT molecular complexity index is 210. The molecular weight excluding hydrogens is 166 g/mol. The molecule has 0 heterocycles. The molecule has 0 saturated carbocycles. The highest BCUT2D eigenvalue weighted by Crippen LogP contribution is 2.09. The van der Waals surface area contributed by atoms with Gasteiger partial charge in [0.25, 0.3) is 0 Å². The van der Waals surface area contributed by atoms with Crippen LogP contribution in [0.2, 0.25) is 0 Å². The minimum atomic E-state index is 0.864. The van der Waals surface area contributed by atoms with Crippen LogP contribution in [0.3, 0.4) is 0 Å². The van der Waals surface area contributed by atoms with Crippen molar-refractivity contribution in [2.75, 3.05) is 5.75 Å². The van der Waals surface area contributed by atoms with Crippen LogP contribution >= 0.6 is 11.8 Å². The summed E-state index contributed by atoms with van der Waals surface area (Å²) >= 11 is 1.75. The average Bonchev–Trinajstić information content (AvgIpc) is 1.84. The van der Waals surface area contributed by atoms with E-state index >= 15 is 0 Å². The first-order valence-corrected chi connectivity index (χ1v) is 5.06. The lowest BCUT2D eigenvalue weighted by Crippen LogP contribution is -1.89. The van der Waals surface area contributed by atoms with Crippen molar-refractivity contribution in [1.29, 1.82) is 0 Å². The third kappa shape index (κ3) is 6.23. The van der Waals surface area contributed by atoms with Crippen LogP contribution in [0.4, 0.5) is 0 Å². The maximum Gasteiger partial charge on any atom is 0.0961 e. The Morgan fingerprint density at radius 2 is 2.00 bits per heavy atom. The second kappa shape index (κ2) is 6.06. The van der Waals surface area contributed by atoms with Crippen LogP contribution in [0.5, 0.6) is 0 Å². The van der Waals surface area contributed by atoms with E-state index in [1.165, 1.54) is 5.57 Å². The Morgan fingerprint density at radius 1 is 1.42 bits per heavy atom. The van der Waals surface area contributed by atoms with E-state index in [1.807, 2.05) is 6.92 Å². The van der Waals surface area contributed by atoms with E-state index in [1.54, 1.807) is 11.8 Å². The Labute approximate surface area is 79.7 Å². The maximum atomic E-state index is 4.32. The van der Waals surface area contributed by atoms with Gasteiger partial charge in [-0.3, -0.25) is 0 Å². The second-order valence-corrected chi connectivity index (χ2v) is 4.12. The van der Waals surface area contributed by atoms with Crippen LogP contribution in [0.15, 0.2) is 28.9 Å². The van der Waals surface area contributed by atoms with Crippen molar-refractivity contribution in [3.63, 3.8) is 0 Å². The zero-order valence-corrected chi connectivity index (χ0v) is 9.16. The molecule has 0 aliphatic heterocycles. The van der Waals surface area contributed by atoms with Crippen molar-refractivity contribution in [1.82, 2.24) is 0 Å². The van der Waals surface area contributed by atoms with E-state index in [0.29, 0.717) is 0 Å². The van der Waals surface area contributed by atoms with E-state index in [2.05, 4.69) is 38.4 Å². The SMILES string of the molecule is C=C(C)N=C(C=C(C)C)SCC. The molecule has 0 rings (SSSR count). The lowest BCUT2D eigenvalue weighted by molar-refractivity contribution is 1.33.